The lowest BCUT2D eigenvalue weighted by Gasteiger charge is -2.34. The second-order valence-electron chi connectivity index (χ2n) is 10.6. The Morgan fingerprint density at radius 1 is 1.09 bits per heavy atom. The van der Waals surface area contributed by atoms with Crippen LogP contribution in [0.15, 0.2) is 66.8 Å². The number of fused-ring (bicyclic) bond motifs is 1. The van der Waals surface area contributed by atoms with Crippen molar-refractivity contribution in [2.75, 3.05) is 0 Å². The van der Waals surface area contributed by atoms with Crippen LogP contribution in [0.4, 0.5) is 0 Å². The van der Waals surface area contributed by atoms with Crippen molar-refractivity contribution in [1.82, 2.24) is 0 Å². The lowest BCUT2D eigenvalue weighted by atomic mass is 9.70. The van der Waals surface area contributed by atoms with Gasteiger partial charge >= 0.3 is 0 Å². The fourth-order valence-corrected chi connectivity index (χ4v) is 5.85. The summed E-state index contributed by atoms with van der Waals surface area (Å²) in [5, 5.41) is 0. The fraction of sp³-hybridized carbons (Fsp3) is 0.515. The van der Waals surface area contributed by atoms with Crippen LogP contribution in [0.1, 0.15) is 107 Å². The number of hydrogen-bond acceptors (Lipinski definition) is 0. The Kier molecular flexibility index (Phi) is 8.43. The van der Waals surface area contributed by atoms with Gasteiger partial charge in [-0.05, 0) is 86.1 Å². The van der Waals surface area contributed by atoms with Crippen molar-refractivity contribution >= 4 is 0 Å². The van der Waals surface area contributed by atoms with Crippen LogP contribution < -0.4 is 0 Å². The molecule has 0 heterocycles. The van der Waals surface area contributed by atoms with E-state index in [-0.39, 0.29) is 5.41 Å². The highest BCUT2D eigenvalue weighted by atomic mass is 14.6. The molecule has 178 valence electrons. The van der Waals surface area contributed by atoms with Gasteiger partial charge in [-0.1, -0.05) is 101 Å². The second-order valence-corrected chi connectivity index (χ2v) is 10.6. The van der Waals surface area contributed by atoms with Crippen molar-refractivity contribution in [2.24, 2.45) is 5.92 Å². The maximum Gasteiger partial charge on any atom is 0.0177 e. The van der Waals surface area contributed by atoms with Crippen LogP contribution in [0.2, 0.25) is 0 Å². The third kappa shape index (κ3) is 5.37. The highest BCUT2D eigenvalue weighted by molar-refractivity contribution is 5.49. The Morgan fingerprint density at radius 3 is 2.45 bits per heavy atom. The molecule has 0 saturated heterocycles. The van der Waals surface area contributed by atoms with Gasteiger partial charge in [0.25, 0.3) is 0 Å². The van der Waals surface area contributed by atoms with Crippen LogP contribution in [-0.4, -0.2) is 0 Å². The van der Waals surface area contributed by atoms with Crippen LogP contribution in [0.25, 0.3) is 0 Å². The number of unbranched alkanes of at least 4 members (excludes halogenated alkanes) is 1. The Labute approximate surface area is 204 Å². The summed E-state index contributed by atoms with van der Waals surface area (Å²) in [6, 6.07) is 16.9. The molecule has 0 bridgehead atoms. The minimum Gasteiger partial charge on any atom is -0.100 e. The minimum atomic E-state index is 0.0640. The SMILES string of the molecule is C=C(C)CCc1ccc(C(C)(CCCC)c2cc(C34CC=CCC3C4)ccc2C)cc1.CC. The zero-order valence-electron chi connectivity index (χ0n) is 22.1. The lowest BCUT2D eigenvalue weighted by Crippen LogP contribution is -2.26. The second kappa shape index (κ2) is 10.9. The molecule has 1 saturated carbocycles. The Balaban J connectivity index is 0.00000149. The van der Waals surface area contributed by atoms with Gasteiger partial charge in [0.1, 0.15) is 0 Å². The normalized spacial score (nSPS) is 22.5. The molecule has 2 aliphatic rings. The average Bonchev–Trinajstić information content (AvgIpc) is 3.59. The summed E-state index contributed by atoms with van der Waals surface area (Å²) in [5.74, 6) is 0.863. The van der Waals surface area contributed by atoms with E-state index < -0.39 is 0 Å². The quantitative estimate of drug-likeness (QED) is 0.339. The Morgan fingerprint density at radius 2 is 1.82 bits per heavy atom. The van der Waals surface area contributed by atoms with Gasteiger partial charge in [0, 0.05) is 10.8 Å². The molecule has 0 amide bonds. The Hall–Kier alpha value is -2.08. The van der Waals surface area contributed by atoms with E-state index in [1.165, 1.54) is 60.8 Å². The van der Waals surface area contributed by atoms with Crippen LogP contribution in [0, 0.1) is 12.8 Å². The Bertz CT molecular complexity index is 960. The molecule has 33 heavy (non-hydrogen) atoms. The molecule has 3 atom stereocenters. The van der Waals surface area contributed by atoms with Gasteiger partial charge in [0.05, 0.1) is 0 Å². The first kappa shape index (κ1) is 25.5. The molecule has 0 radical (unpaired) electrons. The minimum absolute atomic E-state index is 0.0640. The number of hydrogen-bond donors (Lipinski definition) is 0. The predicted octanol–water partition coefficient (Wildman–Crippen LogP) is 9.63. The van der Waals surface area contributed by atoms with Crippen LogP contribution in [0.3, 0.4) is 0 Å². The van der Waals surface area contributed by atoms with Gasteiger partial charge in [-0.2, -0.15) is 0 Å². The first-order chi connectivity index (χ1) is 15.9. The van der Waals surface area contributed by atoms with E-state index in [4.69, 9.17) is 0 Å². The van der Waals surface area contributed by atoms with E-state index in [9.17, 15) is 0 Å². The number of rotatable bonds is 9. The van der Waals surface area contributed by atoms with Gasteiger partial charge in [-0.25, -0.2) is 0 Å². The smallest absolute Gasteiger partial charge is 0.0177 e. The molecule has 2 aromatic carbocycles. The first-order valence-corrected chi connectivity index (χ1v) is 13.4. The molecule has 3 unspecified atom stereocenters. The molecule has 0 aromatic heterocycles. The fourth-order valence-electron chi connectivity index (χ4n) is 5.85. The molecule has 0 aliphatic heterocycles. The highest BCUT2D eigenvalue weighted by Gasteiger charge is 2.54. The van der Waals surface area contributed by atoms with Crippen molar-refractivity contribution in [3.05, 3.63) is 94.6 Å². The summed E-state index contributed by atoms with van der Waals surface area (Å²) in [6.45, 7) is 17.3. The molecule has 0 N–H and O–H groups in total. The third-order valence-corrected chi connectivity index (χ3v) is 8.17. The molecule has 2 aromatic rings. The van der Waals surface area contributed by atoms with E-state index in [0.717, 1.165) is 18.8 Å². The van der Waals surface area contributed by atoms with E-state index in [1.807, 2.05) is 13.8 Å². The lowest BCUT2D eigenvalue weighted by molar-refractivity contribution is 0.488. The zero-order valence-corrected chi connectivity index (χ0v) is 22.1. The molecule has 0 nitrogen and oxygen atoms in total. The summed E-state index contributed by atoms with van der Waals surface area (Å²) in [6.07, 6.45) is 14.5. The maximum absolute atomic E-state index is 4.06. The van der Waals surface area contributed by atoms with Gasteiger partial charge < -0.3 is 0 Å². The molecule has 1 fully saturated rings. The van der Waals surface area contributed by atoms with E-state index in [1.54, 1.807) is 11.1 Å². The number of allylic oxidation sites excluding steroid dienone is 3. The van der Waals surface area contributed by atoms with Crippen LogP contribution in [-0.2, 0) is 17.3 Å². The monoisotopic (exact) mass is 442 g/mol. The topological polar surface area (TPSA) is 0 Å². The average molecular weight is 443 g/mol. The molecule has 2 aliphatic carbocycles. The third-order valence-electron chi connectivity index (χ3n) is 8.17. The summed E-state index contributed by atoms with van der Waals surface area (Å²) in [7, 11) is 0. The van der Waals surface area contributed by atoms with Crippen LogP contribution >= 0.6 is 0 Å². The van der Waals surface area contributed by atoms with Crippen molar-refractivity contribution in [3.8, 4) is 0 Å². The highest BCUT2D eigenvalue weighted by Crippen LogP contribution is 2.61. The van der Waals surface area contributed by atoms with Crippen molar-refractivity contribution in [3.63, 3.8) is 0 Å². The molecular formula is C33H46. The van der Waals surface area contributed by atoms with Gasteiger partial charge in [-0.3, -0.25) is 0 Å². The van der Waals surface area contributed by atoms with E-state index in [2.05, 4.69) is 88.9 Å². The summed E-state index contributed by atoms with van der Waals surface area (Å²) in [4.78, 5) is 0. The van der Waals surface area contributed by atoms with Crippen molar-refractivity contribution in [1.29, 1.82) is 0 Å². The zero-order chi connectivity index (χ0) is 24.1. The van der Waals surface area contributed by atoms with Gasteiger partial charge in [-0.15, -0.1) is 6.58 Å². The molecular weight excluding hydrogens is 396 g/mol. The van der Waals surface area contributed by atoms with Gasteiger partial charge in [0.15, 0.2) is 0 Å². The first-order valence-electron chi connectivity index (χ1n) is 13.4. The summed E-state index contributed by atoms with van der Waals surface area (Å²) in [5.41, 5.74) is 9.21. The van der Waals surface area contributed by atoms with Crippen molar-refractivity contribution < 1.29 is 0 Å². The molecule has 0 heteroatoms. The number of aryl methyl sites for hydroxylation is 2. The maximum atomic E-state index is 4.06. The predicted molar refractivity (Wildman–Crippen MR) is 146 cm³/mol. The molecule has 4 rings (SSSR count). The number of benzene rings is 2. The van der Waals surface area contributed by atoms with Gasteiger partial charge in [0.2, 0.25) is 0 Å². The van der Waals surface area contributed by atoms with E-state index in [0.29, 0.717) is 5.41 Å². The summed E-state index contributed by atoms with van der Waals surface area (Å²) < 4.78 is 0. The van der Waals surface area contributed by atoms with Crippen LogP contribution in [0.5, 0.6) is 0 Å². The van der Waals surface area contributed by atoms with Crippen molar-refractivity contribution in [2.45, 2.75) is 104 Å². The molecule has 0 spiro atoms. The van der Waals surface area contributed by atoms with E-state index >= 15 is 0 Å². The summed E-state index contributed by atoms with van der Waals surface area (Å²) >= 11 is 0. The largest absolute Gasteiger partial charge is 0.100 e. The standard InChI is InChI=1S/C31H40.C2H6/c1-6-7-19-30(5,26-17-14-25(15-18-26)13-11-23(2)3)29-21-27(16-12-24(29)4)31-20-9-8-10-28(31)22-31;1-2/h8-9,12,14-18,21,28H,2,6-7,10-11,13,19-20,22H2,1,3-5H3;1-2H3.